The molecular formula is C9H9F3N6OS. The normalized spacial score (nSPS) is 12.8. The van der Waals surface area contributed by atoms with Gasteiger partial charge in [0.15, 0.2) is 5.78 Å². The van der Waals surface area contributed by atoms with Crippen molar-refractivity contribution in [2.75, 3.05) is 11.6 Å². The summed E-state index contributed by atoms with van der Waals surface area (Å²) in [5.41, 5.74) is 5.11. The lowest BCUT2D eigenvalue weighted by Crippen LogP contribution is -2.21. The van der Waals surface area contributed by atoms with Crippen LogP contribution in [0.1, 0.15) is 12.7 Å². The lowest BCUT2D eigenvalue weighted by atomic mass is 10.2. The molecule has 0 bridgehead atoms. The summed E-state index contributed by atoms with van der Waals surface area (Å²) in [6, 6.07) is 1.62. The van der Waals surface area contributed by atoms with Gasteiger partial charge in [0.25, 0.3) is 5.82 Å². The number of nitriles is 1. The molecule has 0 aromatic carbocycles. The number of alkyl halides is 3. The first-order valence-corrected chi connectivity index (χ1v) is 5.97. The molecule has 1 aromatic rings. The van der Waals surface area contributed by atoms with Crippen LogP contribution in [0, 0.1) is 11.3 Å². The summed E-state index contributed by atoms with van der Waals surface area (Å²) >= 11 is 0.627. The smallest absolute Gasteiger partial charge is 0.401 e. The lowest BCUT2D eigenvalue weighted by molar-refractivity contribution is -0.146. The SMILES string of the molecule is CC(N)=C(C#N)C(=O)CSc1nnc(C(F)(F)F)n1N. The first-order valence-electron chi connectivity index (χ1n) is 4.98. The number of hydrogen-bond acceptors (Lipinski definition) is 7. The Kier molecular flexibility index (Phi) is 4.61. The van der Waals surface area contributed by atoms with Gasteiger partial charge >= 0.3 is 6.18 Å². The quantitative estimate of drug-likeness (QED) is 0.358. The first-order chi connectivity index (χ1) is 9.18. The van der Waals surface area contributed by atoms with Crippen LogP contribution < -0.4 is 11.6 Å². The summed E-state index contributed by atoms with van der Waals surface area (Å²) < 4.78 is 37.4. The van der Waals surface area contributed by atoms with Crippen LogP contribution in [-0.2, 0) is 11.0 Å². The molecule has 1 aromatic heterocycles. The Morgan fingerprint density at radius 3 is 2.50 bits per heavy atom. The van der Waals surface area contributed by atoms with Gasteiger partial charge in [0, 0.05) is 5.70 Å². The highest BCUT2D eigenvalue weighted by Crippen LogP contribution is 2.28. The van der Waals surface area contributed by atoms with E-state index in [4.69, 9.17) is 16.8 Å². The third-order valence-corrected chi connectivity index (χ3v) is 2.98. The molecule has 1 heterocycles. The van der Waals surface area contributed by atoms with Gasteiger partial charge in [0.1, 0.15) is 11.6 Å². The molecule has 0 saturated carbocycles. The number of Topliss-reactive ketones (excluding diaryl/α,β-unsaturated/α-hetero) is 1. The molecule has 0 amide bonds. The van der Waals surface area contributed by atoms with Crippen molar-refractivity contribution in [3.63, 3.8) is 0 Å². The van der Waals surface area contributed by atoms with Gasteiger partial charge in [0.2, 0.25) is 5.16 Å². The second-order valence-electron chi connectivity index (χ2n) is 3.56. The van der Waals surface area contributed by atoms with Gasteiger partial charge in [0.05, 0.1) is 5.75 Å². The van der Waals surface area contributed by atoms with Gasteiger partial charge < -0.3 is 11.6 Å². The van der Waals surface area contributed by atoms with Gasteiger partial charge in [-0.05, 0) is 6.92 Å². The van der Waals surface area contributed by atoms with E-state index in [1.165, 1.54) is 6.92 Å². The summed E-state index contributed by atoms with van der Waals surface area (Å²) in [5, 5.41) is 14.5. The number of aromatic nitrogens is 3. The minimum Gasteiger partial charge on any atom is -0.401 e. The molecule has 0 spiro atoms. The highest BCUT2D eigenvalue weighted by molar-refractivity contribution is 7.99. The van der Waals surface area contributed by atoms with E-state index in [0.717, 1.165) is 0 Å². The molecule has 4 N–H and O–H groups in total. The third-order valence-electron chi connectivity index (χ3n) is 2.04. The minimum absolute atomic E-state index is 0.0308. The predicted molar refractivity (Wildman–Crippen MR) is 63.4 cm³/mol. The number of nitrogens with zero attached hydrogens (tertiary/aromatic N) is 4. The molecule has 108 valence electrons. The number of allylic oxidation sites excluding steroid dienone is 2. The lowest BCUT2D eigenvalue weighted by Gasteiger charge is -2.05. The van der Waals surface area contributed by atoms with Crippen LogP contribution in [0.2, 0.25) is 0 Å². The van der Waals surface area contributed by atoms with Gasteiger partial charge in [-0.25, -0.2) is 4.68 Å². The molecule has 0 aliphatic rings. The number of rotatable bonds is 4. The summed E-state index contributed by atoms with van der Waals surface area (Å²) in [6.45, 7) is 1.37. The molecule has 0 saturated heterocycles. The van der Waals surface area contributed by atoms with E-state index < -0.39 is 17.8 Å². The maximum absolute atomic E-state index is 12.4. The van der Waals surface area contributed by atoms with Gasteiger partial charge in [-0.15, -0.1) is 10.2 Å². The number of nitrogen functional groups attached to an aromatic ring is 1. The largest absolute Gasteiger partial charge is 0.453 e. The Hall–Kier alpha value is -2.22. The molecule has 7 nitrogen and oxygen atoms in total. The molecule has 0 radical (unpaired) electrons. The monoisotopic (exact) mass is 306 g/mol. The van der Waals surface area contributed by atoms with Gasteiger partial charge in [-0.3, -0.25) is 4.79 Å². The molecule has 0 unspecified atom stereocenters. The van der Waals surface area contributed by atoms with Crippen molar-refractivity contribution in [1.29, 1.82) is 5.26 Å². The van der Waals surface area contributed by atoms with Crippen molar-refractivity contribution in [1.82, 2.24) is 14.9 Å². The Morgan fingerprint density at radius 2 is 2.10 bits per heavy atom. The Labute approximate surface area is 115 Å². The number of carbonyl (C=O) groups excluding carboxylic acids is 1. The van der Waals surface area contributed by atoms with E-state index in [-0.39, 0.29) is 26.9 Å². The average Bonchev–Trinajstić information content (AvgIpc) is 2.68. The number of halogens is 3. The number of ketones is 1. The fraction of sp³-hybridized carbons (Fsp3) is 0.333. The van der Waals surface area contributed by atoms with Crippen molar-refractivity contribution < 1.29 is 18.0 Å². The number of carbonyl (C=O) groups is 1. The van der Waals surface area contributed by atoms with Gasteiger partial charge in [-0.2, -0.15) is 18.4 Å². The van der Waals surface area contributed by atoms with Crippen molar-refractivity contribution in [3.05, 3.63) is 17.1 Å². The maximum Gasteiger partial charge on any atom is 0.453 e. The zero-order valence-corrected chi connectivity index (χ0v) is 10.9. The highest BCUT2D eigenvalue weighted by atomic mass is 32.2. The van der Waals surface area contributed by atoms with Crippen molar-refractivity contribution >= 4 is 17.5 Å². The Bertz CT molecular complexity index is 596. The number of hydrogen-bond donors (Lipinski definition) is 2. The van der Waals surface area contributed by atoms with E-state index in [2.05, 4.69) is 10.2 Å². The van der Waals surface area contributed by atoms with E-state index in [1.807, 2.05) is 0 Å². The molecule has 0 aliphatic carbocycles. The number of thioether (sulfide) groups is 1. The van der Waals surface area contributed by atoms with E-state index in [0.29, 0.717) is 11.8 Å². The van der Waals surface area contributed by atoms with Crippen LogP contribution in [-0.4, -0.2) is 26.4 Å². The molecule has 1 rings (SSSR count). The molecular weight excluding hydrogens is 297 g/mol. The summed E-state index contributed by atoms with van der Waals surface area (Å²) in [6.07, 6.45) is -4.74. The van der Waals surface area contributed by atoms with E-state index in [9.17, 15) is 18.0 Å². The van der Waals surface area contributed by atoms with Crippen molar-refractivity contribution in [2.24, 2.45) is 5.73 Å². The van der Waals surface area contributed by atoms with Gasteiger partial charge in [-0.1, -0.05) is 11.8 Å². The highest BCUT2D eigenvalue weighted by Gasteiger charge is 2.38. The number of nitrogens with two attached hydrogens (primary N) is 2. The third kappa shape index (κ3) is 3.41. The van der Waals surface area contributed by atoms with Crippen molar-refractivity contribution in [3.8, 4) is 6.07 Å². The van der Waals surface area contributed by atoms with Crippen LogP contribution >= 0.6 is 11.8 Å². The van der Waals surface area contributed by atoms with Crippen LogP contribution in [0.4, 0.5) is 13.2 Å². The molecule has 11 heteroatoms. The first kappa shape index (κ1) is 15.8. The summed E-state index contributed by atoms with van der Waals surface area (Å²) in [4.78, 5) is 11.6. The average molecular weight is 306 g/mol. The zero-order chi connectivity index (χ0) is 15.5. The summed E-state index contributed by atoms with van der Waals surface area (Å²) in [7, 11) is 0. The Morgan fingerprint density at radius 1 is 1.50 bits per heavy atom. The Balaban J connectivity index is 2.83. The molecule has 0 aliphatic heterocycles. The predicted octanol–water partition coefficient (Wildman–Crippen LogP) is 0.428. The second kappa shape index (κ2) is 5.83. The van der Waals surface area contributed by atoms with Crippen LogP contribution in [0.5, 0.6) is 0 Å². The topological polar surface area (TPSA) is 124 Å². The second-order valence-corrected chi connectivity index (χ2v) is 4.50. The van der Waals surface area contributed by atoms with Crippen LogP contribution in [0.15, 0.2) is 16.4 Å². The van der Waals surface area contributed by atoms with Crippen molar-refractivity contribution in [2.45, 2.75) is 18.3 Å². The standard InChI is InChI=1S/C9H9F3N6OS/c1-4(14)5(2-13)6(19)3-20-8-17-16-7(18(8)15)9(10,11)12/h3,14-15H2,1H3. The van der Waals surface area contributed by atoms with Crippen LogP contribution in [0.25, 0.3) is 0 Å². The zero-order valence-electron chi connectivity index (χ0n) is 10.1. The molecule has 0 atom stereocenters. The van der Waals surface area contributed by atoms with E-state index >= 15 is 0 Å². The fourth-order valence-electron chi connectivity index (χ4n) is 1.14. The van der Waals surface area contributed by atoms with Crippen LogP contribution in [0.3, 0.4) is 0 Å². The fourth-order valence-corrected chi connectivity index (χ4v) is 1.87. The summed E-state index contributed by atoms with van der Waals surface area (Å²) in [5.74, 6) is 2.85. The maximum atomic E-state index is 12.4. The molecule has 20 heavy (non-hydrogen) atoms. The van der Waals surface area contributed by atoms with E-state index in [1.54, 1.807) is 6.07 Å². The minimum atomic E-state index is -4.74. The molecule has 0 fully saturated rings.